The zero-order valence-electron chi connectivity index (χ0n) is 66.5. The van der Waals surface area contributed by atoms with Crippen molar-refractivity contribution in [3.63, 3.8) is 0 Å². The molecule has 600 valence electrons. The molecule has 0 aromatic heterocycles. The first-order chi connectivity index (χ1) is 48.6. The zero-order valence-corrected chi connectivity index (χ0v) is 68.3. The lowest BCUT2D eigenvalue weighted by Gasteiger charge is -2.21. The Bertz CT molecular complexity index is 1970. The molecule has 17 nitrogen and oxygen atoms in total. The van der Waals surface area contributed by atoms with Crippen LogP contribution in [0.1, 0.15) is 421 Å². The molecular weight excluding hydrogens is 1320 g/mol. The van der Waals surface area contributed by atoms with Crippen molar-refractivity contribution >= 4 is 39.5 Å². The number of hydrogen-bond donors (Lipinski definition) is 3. The standard InChI is InChI=1S/C82H160O17P2/c1-9-75(8)61-53-45-37-29-23-16-13-14-18-25-31-39-48-56-64-81(86)99-78(69-93-80(85)63-55-47-41-33-36-44-52-60-74(6)7)71-97-101(90,91)95-67-76(83)66-94-100(88,89)96-70-77(98-82(87)65-57-49-40-32-26-20-19-22-28-35-43-51-59-73(4)5)68-92-79(84)62-54-46-38-30-24-17-12-10-11-15-21-27-34-42-50-58-72(2)3/h72-78,83H,9-71H2,1-8H3,(H,88,89)(H,90,91)/t75?,76?,77-,78-/m1/s1. The Kier molecular flexibility index (Phi) is 69.6. The molecule has 0 aliphatic carbocycles. The van der Waals surface area contributed by atoms with Gasteiger partial charge in [0.2, 0.25) is 0 Å². The van der Waals surface area contributed by atoms with Gasteiger partial charge in [-0.3, -0.25) is 37.3 Å². The molecule has 0 spiro atoms. The van der Waals surface area contributed by atoms with Gasteiger partial charge in [0.15, 0.2) is 12.2 Å². The average Bonchev–Trinajstić information content (AvgIpc) is 0.927. The van der Waals surface area contributed by atoms with E-state index < -0.39 is 97.5 Å². The van der Waals surface area contributed by atoms with Crippen molar-refractivity contribution in [3.05, 3.63) is 0 Å². The SMILES string of the molecule is CCC(C)CCCCCCCCCCCCCCCCC(=O)O[C@H](COC(=O)CCCCCCCCCC(C)C)COP(=O)(O)OCC(O)COP(=O)(O)OC[C@@H](COC(=O)CCCCCCCCCCCCCCCCCC(C)C)OC(=O)CCCCCCCCCCCCCCC(C)C. The van der Waals surface area contributed by atoms with Gasteiger partial charge in [-0.05, 0) is 49.4 Å². The summed E-state index contributed by atoms with van der Waals surface area (Å²) in [6.07, 6.45) is 58.3. The minimum absolute atomic E-state index is 0.107. The van der Waals surface area contributed by atoms with E-state index in [-0.39, 0.29) is 25.7 Å². The van der Waals surface area contributed by atoms with E-state index >= 15 is 0 Å². The summed E-state index contributed by atoms with van der Waals surface area (Å²) in [5, 5.41) is 10.6. The summed E-state index contributed by atoms with van der Waals surface area (Å²) in [6.45, 7) is 14.3. The van der Waals surface area contributed by atoms with Gasteiger partial charge in [0.1, 0.15) is 19.3 Å². The molecule has 0 aliphatic rings. The second-order valence-electron chi connectivity index (χ2n) is 31.2. The first kappa shape index (κ1) is 99.1. The van der Waals surface area contributed by atoms with Gasteiger partial charge in [-0.25, -0.2) is 9.13 Å². The molecule has 0 radical (unpaired) electrons. The molecule has 0 bridgehead atoms. The highest BCUT2D eigenvalue weighted by molar-refractivity contribution is 7.47. The molecular formula is C82H160O17P2. The topological polar surface area (TPSA) is 237 Å². The predicted octanol–water partition coefficient (Wildman–Crippen LogP) is 24.4. The van der Waals surface area contributed by atoms with Gasteiger partial charge in [0.25, 0.3) is 0 Å². The van der Waals surface area contributed by atoms with Crippen molar-refractivity contribution in [2.24, 2.45) is 23.7 Å². The fourth-order valence-corrected chi connectivity index (χ4v) is 14.2. The van der Waals surface area contributed by atoms with Crippen LogP contribution in [-0.4, -0.2) is 96.7 Å². The number of esters is 4. The largest absolute Gasteiger partial charge is 0.472 e. The van der Waals surface area contributed by atoms with E-state index in [0.717, 1.165) is 114 Å². The smallest absolute Gasteiger partial charge is 0.462 e. The van der Waals surface area contributed by atoms with Crippen LogP contribution in [0.25, 0.3) is 0 Å². The van der Waals surface area contributed by atoms with Gasteiger partial charge in [0.05, 0.1) is 26.4 Å². The Morgan fingerprint density at radius 3 is 0.703 bits per heavy atom. The fraction of sp³-hybridized carbons (Fsp3) is 0.951. The maximum Gasteiger partial charge on any atom is 0.472 e. The number of ether oxygens (including phenoxy) is 4. The molecule has 0 fully saturated rings. The average molecular weight is 1480 g/mol. The Morgan fingerprint density at radius 1 is 0.277 bits per heavy atom. The number of aliphatic hydroxyl groups is 1. The van der Waals surface area contributed by atoms with E-state index in [1.807, 2.05) is 0 Å². The summed E-state index contributed by atoms with van der Waals surface area (Å²) in [6, 6.07) is 0. The molecule has 0 saturated heterocycles. The molecule has 6 atom stereocenters. The maximum absolute atomic E-state index is 13.1. The van der Waals surface area contributed by atoms with E-state index in [4.69, 9.17) is 37.0 Å². The molecule has 19 heteroatoms. The predicted molar refractivity (Wildman–Crippen MR) is 414 cm³/mol. The molecule has 0 aromatic rings. The van der Waals surface area contributed by atoms with Crippen molar-refractivity contribution in [2.75, 3.05) is 39.6 Å². The van der Waals surface area contributed by atoms with Crippen LogP contribution in [0, 0.1) is 23.7 Å². The van der Waals surface area contributed by atoms with Crippen molar-refractivity contribution < 1.29 is 80.2 Å². The third-order valence-electron chi connectivity index (χ3n) is 19.4. The van der Waals surface area contributed by atoms with Gasteiger partial charge in [-0.2, -0.15) is 0 Å². The Labute approximate surface area is 619 Å². The Hall–Kier alpha value is -1.94. The summed E-state index contributed by atoms with van der Waals surface area (Å²) >= 11 is 0. The molecule has 0 heterocycles. The quantitative estimate of drug-likeness (QED) is 0.0222. The summed E-state index contributed by atoms with van der Waals surface area (Å²) in [5.41, 5.74) is 0. The van der Waals surface area contributed by atoms with Gasteiger partial charge in [-0.15, -0.1) is 0 Å². The number of unbranched alkanes of at least 4 members (excludes halogenated alkanes) is 44. The second kappa shape index (κ2) is 71.0. The van der Waals surface area contributed by atoms with E-state index in [9.17, 15) is 43.2 Å². The molecule has 0 amide bonds. The molecule has 3 N–H and O–H groups in total. The van der Waals surface area contributed by atoms with Crippen LogP contribution in [-0.2, 0) is 65.4 Å². The third-order valence-corrected chi connectivity index (χ3v) is 21.3. The van der Waals surface area contributed by atoms with Gasteiger partial charge >= 0.3 is 39.5 Å². The molecule has 0 saturated carbocycles. The zero-order chi connectivity index (χ0) is 74.6. The Balaban J connectivity index is 5.23. The number of rotatable bonds is 79. The number of hydrogen-bond acceptors (Lipinski definition) is 15. The first-order valence-corrected chi connectivity index (χ1v) is 45.2. The summed E-state index contributed by atoms with van der Waals surface area (Å²) < 4.78 is 68.8. The van der Waals surface area contributed by atoms with Crippen molar-refractivity contribution in [3.8, 4) is 0 Å². The van der Waals surface area contributed by atoms with E-state index in [1.54, 1.807) is 0 Å². The number of carbonyl (C=O) groups is 4. The molecule has 0 aromatic carbocycles. The van der Waals surface area contributed by atoms with E-state index in [1.165, 1.54) is 218 Å². The van der Waals surface area contributed by atoms with Crippen LogP contribution < -0.4 is 0 Å². The van der Waals surface area contributed by atoms with E-state index in [0.29, 0.717) is 31.6 Å². The second-order valence-corrected chi connectivity index (χ2v) is 34.1. The summed E-state index contributed by atoms with van der Waals surface area (Å²) in [7, 11) is -9.92. The normalized spacial score (nSPS) is 14.3. The van der Waals surface area contributed by atoms with Crippen molar-refractivity contribution in [2.45, 2.75) is 440 Å². The third kappa shape index (κ3) is 74.7. The maximum atomic E-state index is 13.1. The lowest BCUT2D eigenvalue weighted by molar-refractivity contribution is -0.161. The number of aliphatic hydroxyl groups excluding tert-OH is 1. The van der Waals surface area contributed by atoms with Crippen LogP contribution >= 0.6 is 15.6 Å². The molecule has 101 heavy (non-hydrogen) atoms. The van der Waals surface area contributed by atoms with Crippen LogP contribution in [0.2, 0.25) is 0 Å². The number of phosphoric acid groups is 2. The summed E-state index contributed by atoms with van der Waals surface area (Å²) in [4.78, 5) is 73.1. The highest BCUT2D eigenvalue weighted by Crippen LogP contribution is 2.45. The van der Waals surface area contributed by atoms with E-state index in [2.05, 4.69) is 55.4 Å². The number of phosphoric ester groups is 2. The highest BCUT2D eigenvalue weighted by Gasteiger charge is 2.30. The van der Waals surface area contributed by atoms with Crippen LogP contribution in [0.4, 0.5) is 0 Å². The Morgan fingerprint density at radius 2 is 0.475 bits per heavy atom. The van der Waals surface area contributed by atoms with Crippen LogP contribution in [0.15, 0.2) is 0 Å². The van der Waals surface area contributed by atoms with Crippen LogP contribution in [0.5, 0.6) is 0 Å². The van der Waals surface area contributed by atoms with Gasteiger partial charge in [-0.1, -0.05) is 370 Å². The minimum Gasteiger partial charge on any atom is -0.462 e. The molecule has 0 aliphatic heterocycles. The van der Waals surface area contributed by atoms with Crippen LogP contribution in [0.3, 0.4) is 0 Å². The molecule has 4 unspecified atom stereocenters. The summed E-state index contributed by atoms with van der Waals surface area (Å²) in [5.74, 6) is 1.02. The van der Waals surface area contributed by atoms with Crippen molar-refractivity contribution in [1.29, 1.82) is 0 Å². The lowest BCUT2D eigenvalue weighted by atomic mass is 9.99. The minimum atomic E-state index is -4.96. The first-order valence-electron chi connectivity index (χ1n) is 42.2. The number of carbonyl (C=O) groups excluding carboxylic acids is 4. The van der Waals surface area contributed by atoms with Crippen molar-refractivity contribution in [1.82, 2.24) is 0 Å². The lowest BCUT2D eigenvalue weighted by Crippen LogP contribution is -2.30. The molecule has 0 rings (SSSR count). The van der Waals surface area contributed by atoms with Gasteiger partial charge < -0.3 is 33.8 Å². The van der Waals surface area contributed by atoms with Gasteiger partial charge in [0, 0.05) is 25.7 Å². The monoisotopic (exact) mass is 1480 g/mol. The highest BCUT2D eigenvalue weighted by atomic mass is 31.2. The fourth-order valence-electron chi connectivity index (χ4n) is 12.6.